The zero-order valence-electron chi connectivity index (χ0n) is 12.5. The highest BCUT2D eigenvalue weighted by molar-refractivity contribution is 5.39. The Morgan fingerprint density at radius 3 is 2.71 bits per heavy atom. The van der Waals surface area contributed by atoms with Crippen LogP contribution in [0.4, 0.5) is 0 Å². The maximum Gasteiger partial charge on any atom is 0.179 e. The summed E-state index contributed by atoms with van der Waals surface area (Å²) in [5.41, 5.74) is 0.715. The number of hydrogen-bond acceptors (Lipinski definition) is 6. The number of aliphatic hydroxyl groups excluding tert-OH is 1. The average molecular weight is 293 g/mol. The van der Waals surface area contributed by atoms with Gasteiger partial charge in [-0.1, -0.05) is 0 Å². The maximum absolute atomic E-state index is 9.75. The molecule has 0 atom stereocenters. The van der Waals surface area contributed by atoms with Crippen LogP contribution >= 0.6 is 0 Å². The third-order valence-electron chi connectivity index (χ3n) is 4.38. The number of fused-ring (bicyclic) bond motifs is 1. The monoisotopic (exact) mass is 293 g/mol. The predicted molar refractivity (Wildman–Crippen MR) is 78.6 cm³/mol. The zero-order chi connectivity index (χ0) is 14.7. The first-order valence-corrected chi connectivity index (χ1v) is 7.50. The number of nitrogens with zero attached hydrogens (tertiary/aromatic N) is 2. The van der Waals surface area contributed by atoms with Gasteiger partial charge in [0.1, 0.15) is 13.2 Å². The summed E-state index contributed by atoms with van der Waals surface area (Å²) in [6.07, 6.45) is 3.61. The second-order valence-electron chi connectivity index (χ2n) is 5.91. The largest absolute Gasteiger partial charge is 0.486 e. The molecule has 0 amide bonds. The summed E-state index contributed by atoms with van der Waals surface area (Å²) in [5, 5.41) is 13.2. The molecule has 1 aromatic heterocycles. The van der Waals surface area contributed by atoms with E-state index < -0.39 is 0 Å². The lowest BCUT2D eigenvalue weighted by Crippen LogP contribution is -2.54. The Kier molecular flexibility index (Phi) is 4.28. The summed E-state index contributed by atoms with van der Waals surface area (Å²) in [4.78, 5) is 6.69. The number of aromatic nitrogens is 1. The Morgan fingerprint density at radius 2 is 2.00 bits per heavy atom. The van der Waals surface area contributed by atoms with Gasteiger partial charge >= 0.3 is 0 Å². The van der Waals surface area contributed by atoms with Gasteiger partial charge in [-0.3, -0.25) is 4.98 Å². The van der Waals surface area contributed by atoms with Gasteiger partial charge in [-0.15, -0.1) is 0 Å². The minimum atomic E-state index is -0.193. The van der Waals surface area contributed by atoms with Crippen LogP contribution in [0.1, 0.15) is 18.5 Å². The maximum atomic E-state index is 9.75. The van der Waals surface area contributed by atoms with Gasteiger partial charge in [0.05, 0.1) is 18.5 Å². The molecular weight excluding hydrogens is 270 g/mol. The van der Waals surface area contributed by atoms with Crippen molar-refractivity contribution in [1.29, 1.82) is 0 Å². The van der Waals surface area contributed by atoms with E-state index in [-0.39, 0.29) is 12.1 Å². The van der Waals surface area contributed by atoms with E-state index in [1.54, 1.807) is 6.20 Å². The highest BCUT2D eigenvalue weighted by Gasteiger charge is 2.32. The normalized spacial score (nSPS) is 21.2. The first-order chi connectivity index (χ1) is 10.2. The number of rotatable bonds is 4. The first kappa shape index (κ1) is 14.6. The van der Waals surface area contributed by atoms with Crippen LogP contribution in [0.2, 0.25) is 0 Å². The Bertz CT molecular complexity index is 487. The highest BCUT2D eigenvalue weighted by Crippen LogP contribution is 2.29. The highest BCUT2D eigenvalue weighted by atomic mass is 16.6. The molecule has 0 bridgehead atoms. The fraction of sp³-hybridized carbons (Fsp3) is 0.667. The van der Waals surface area contributed by atoms with Crippen LogP contribution in [-0.2, 0) is 6.54 Å². The summed E-state index contributed by atoms with van der Waals surface area (Å²) < 4.78 is 11.0. The quantitative estimate of drug-likeness (QED) is 0.837. The topological polar surface area (TPSA) is 66.9 Å². The molecule has 0 radical (unpaired) electrons. The van der Waals surface area contributed by atoms with E-state index in [0.717, 1.165) is 37.4 Å². The summed E-state index contributed by atoms with van der Waals surface area (Å²) in [7, 11) is 2.11. The van der Waals surface area contributed by atoms with Gasteiger partial charge in [-0.25, -0.2) is 0 Å². The van der Waals surface area contributed by atoms with Crippen LogP contribution in [0.15, 0.2) is 12.3 Å². The van der Waals surface area contributed by atoms with Crippen molar-refractivity contribution < 1.29 is 14.6 Å². The van der Waals surface area contributed by atoms with Crippen molar-refractivity contribution in [3.8, 4) is 11.5 Å². The summed E-state index contributed by atoms with van der Waals surface area (Å²) in [6, 6.07) is 1.92. The van der Waals surface area contributed by atoms with E-state index in [1.165, 1.54) is 0 Å². The lowest BCUT2D eigenvalue weighted by atomic mass is 9.88. The molecule has 2 aliphatic rings. The Morgan fingerprint density at radius 1 is 1.29 bits per heavy atom. The number of likely N-dealkylation sites (tertiary alicyclic amines) is 1. The van der Waals surface area contributed by atoms with E-state index in [2.05, 4.69) is 22.2 Å². The molecule has 0 spiro atoms. The van der Waals surface area contributed by atoms with Crippen LogP contribution in [0.5, 0.6) is 11.5 Å². The SMILES string of the molecule is CN1CCC(CO)(NCc2cc3c(cn2)OCCO3)CC1. The molecule has 0 unspecified atom stereocenters. The Labute approximate surface area is 125 Å². The minimum absolute atomic E-state index is 0.158. The third kappa shape index (κ3) is 3.28. The van der Waals surface area contributed by atoms with Crippen molar-refractivity contribution in [2.75, 3.05) is 40.0 Å². The minimum Gasteiger partial charge on any atom is -0.486 e. The molecule has 0 aliphatic carbocycles. The van der Waals surface area contributed by atoms with Crippen molar-refractivity contribution in [2.45, 2.75) is 24.9 Å². The number of hydrogen-bond donors (Lipinski definition) is 2. The van der Waals surface area contributed by atoms with Gasteiger partial charge in [0.25, 0.3) is 0 Å². The second kappa shape index (κ2) is 6.17. The molecule has 2 aliphatic heterocycles. The van der Waals surface area contributed by atoms with Crippen LogP contribution in [0, 0.1) is 0 Å². The Hall–Kier alpha value is -1.37. The third-order valence-corrected chi connectivity index (χ3v) is 4.38. The number of pyridine rings is 1. The van der Waals surface area contributed by atoms with E-state index in [0.29, 0.717) is 25.5 Å². The molecule has 6 heteroatoms. The fourth-order valence-corrected chi connectivity index (χ4v) is 2.80. The van der Waals surface area contributed by atoms with Crippen LogP contribution in [-0.4, -0.2) is 60.5 Å². The number of ether oxygens (including phenoxy) is 2. The number of aliphatic hydroxyl groups is 1. The van der Waals surface area contributed by atoms with Gasteiger partial charge in [-0.05, 0) is 33.0 Å². The van der Waals surface area contributed by atoms with Crippen LogP contribution in [0.3, 0.4) is 0 Å². The van der Waals surface area contributed by atoms with Crippen molar-refractivity contribution in [1.82, 2.24) is 15.2 Å². The van der Waals surface area contributed by atoms with E-state index in [1.807, 2.05) is 6.07 Å². The summed E-state index contributed by atoms with van der Waals surface area (Å²) in [5.74, 6) is 1.47. The molecule has 1 saturated heterocycles. The van der Waals surface area contributed by atoms with Gasteiger partial charge in [0.2, 0.25) is 0 Å². The molecule has 2 N–H and O–H groups in total. The van der Waals surface area contributed by atoms with E-state index >= 15 is 0 Å². The van der Waals surface area contributed by atoms with E-state index in [4.69, 9.17) is 9.47 Å². The van der Waals surface area contributed by atoms with Gasteiger partial charge in [0.15, 0.2) is 11.5 Å². The summed E-state index contributed by atoms with van der Waals surface area (Å²) in [6.45, 7) is 3.95. The fourth-order valence-electron chi connectivity index (χ4n) is 2.80. The van der Waals surface area contributed by atoms with Crippen LogP contribution < -0.4 is 14.8 Å². The molecule has 0 saturated carbocycles. The van der Waals surface area contributed by atoms with Crippen molar-refractivity contribution >= 4 is 0 Å². The van der Waals surface area contributed by atoms with Gasteiger partial charge in [-0.2, -0.15) is 0 Å². The molecule has 3 heterocycles. The number of nitrogens with one attached hydrogen (secondary N) is 1. The zero-order valence-corrected chi connectivity index (χ0v) is 12.5. The molecule has 3 rings (SSSR count). The van der Waals surface area contributed by atoms with Crippen molar-refractivity contribution in [3.63, 3.8) is 0 Å². The molecule has 6 nitrogen and oxygen atoms in total. The Balaban J connectivity index is 1.63. The van der Waals surface area contributed by atoms with Crippen molar-refractivity contribution in [2.24, 2.45) is 0 Å². The van der Waals surface area contributed by atoms with Crippen molar-refractivity contribution in [3.05, 3.63) is 18.0 Å². The predicted octanol–water partition coefficient (Wildman–Crippen LogP) is 0.399. The molecule has 1 aromatic rings. The standard InChI is InChI=1S/C15H23N3O3/c1-18-4-2-15(11-19,3-5-18)17-9-12-8-13-14(10-16-12)21-7-6-20-13/h8,10,17,19H,2-7,9,11H2,1H3. The molecule has 116 valence electrons. The molecule has 1 fully saturated rings. The van der Waals surface area contributed by atoms with Gasteiger partial charge in [0, 0.05) is 18.2 Å². The molecule has 21 heavy (non-hydrogen) atoms. The van der Waals surface area contributed by atoms with Crippen LogP contribution in [0.25, 0.3) is 0 Å². The smallest absolute Gasteiger partial charge is 0.179 e. The lowest BCUT2D eigenvalue weighted by molar-refractivity contribution is 0.0876. The second-order valence-corrected chi connectivity index (χ2v) is 5.91. The summed E-state index contributed by atoms with van der Waals surface area (Å²) >= 11 is 0. The lowest BCUT2D eigenvalue weighted by Gasteiger charge is -2.40. The first-order valence-electron chi connectivity index (χ1n) is 7.50. The van der Waals surface area contributed by atoms with E-state index in [9.17, 15) is 5.11 Å². The number of piperidine rings is 1. The molecule has 0 aromatic carbocycles. The average Bonchev–Trinajstić information content (AvgIpc) is 2.55. The molecular formula is C15H23N3O3. The van der Waals surface area contributed by atoms with Gasteiger partial charge < -0.3 is 24.8 Å².